The first kappa shape index (κ1) is 34.9. The zero-order chi connectivity index (χ0) is 30.9. The SMILES string of the molecule is CCC(C)(C)C(=O)Oc1ccc(C[C@H](N)C(=O)OC[C@H](C)OC(=O)OCC(C)(C)C)cc1OC(=O)C(C)(C)CC. The molecule has 40 heavy (non-hydrogen) atoms. The fourth-order valence-electron chi connectivity index (χ4n) is 2.76. The van der Waals surface area contributed by atoms with Gasteiger partial charge >= 0.3 is 24.1 Å². The van der Waals surface area contributed by atoms with Gasteiger partial charge in [0.2, 0.25) is 0 Å². The largest absolute Gasteiger partial charge is 0.508 e. The Morgan fingerprint density at radius 3 is 1.85 bits per heavy atom. The Morgan fingerprint density at radius 2 is 1.35 bits per heavy atom. The van der Waals surface area contributed by atoms with E-state index >= 15 is 0 Å². The van der Waals surface area contributed by atoms with Crippen molar-refractivity contribution in [2.24, 2.45) is 22.0 Å². The molecule has 0 aromatic heterocycles. The molecule has 0 spiro atoms. The van der Waals surface area contributed by atoms with Crippen LogP contribution in [0.25, 0.3) is 0 Å². The van der Waals surface area contributed by atoms with E-state index in [1.807, 2.05) is 34.6 Å². The van der Waals surface area contributed by atoms with Gasteiger partial charge in [0.15, 0.2) is 11.5 Å². The highest BCUT2D eigenvalue weighted by Crippen LogP contribution is 2.34. The minimum Gasteiger partial charge on any atom is -0.461 e. The number of hydrogen-bond acceptors (Lipinski definition) is 10. The van der Waals surface area contributed by atoms with Gasteiger partial charge in [-0.15, -0.1) is 0 Å². The molecule has 0 unspecified atom stereocenters. The van der Waals surface area contributed by atoms with Crippen molar-refractivity contribution < 1.29 is 42.9 Å². The van der Waals surface area contributed by atoms with Crippen LogP contribution < -0.4 is 15.2 Å². The molecule has 1 aromatic carbocycles. The van der Waals surface area contributed by atoms with Gasteiger partial charge in [0.1, 0.15) is 18.8 Å². The maximum absolute atomic E-state index is 12.8. The van der Waals surface area contributed by atoms with Gasteiger partial charge in [0, 0.05) is 0 Å². The summed E-state index contributed by atoms with van der Waals surface area (Å²) in [6.07, 6.45) is -0.438. The van der Waals surface area contributed by atoms with Crippen molar-refractivity contribution in [2.75, 3.05) is 13.2 Å². The molecule has 0 radical (unpaired) electrons. The maximum atomic E-state index is 12.8. The average Bonchev–Trinajstić information content (AvgIpc) is 2.86. The van der Waals surface area contributed by atoms with Crippen molar-refractivity contribution in [1.82, 2.24) is 0 Å². The molecule has 0 aliphatic carbocycles. The first-order valence-electron chi connectivity index (χ1n) is 13.6. The third-order valence-corrected chi connectivity index (χ3v) is 6.43. The van der Waals surface area contributed by atoms with Crippen molar-refractivity contribution >= 4 is 24.1 Å². The lowest BCUT2D eigenvalue weighted by atomic mass is 9.90. The minimum absolute atomic E-state index is 0.0537. The zero-order valence-electron chi connectivity index (χ0n) is 25.7. The number of nitrogens with two attached hydrogens (primary N) is 1. The normalized spacial score (nSPS) is 13.6. The highest BCUT2D eigenvalue weighted by molar-refractivity contribution is 5.81. The van der Waals surface area contributed by atoms with Crippen LogP contribution in [-0.4, -0.2) is 49.4 Å². The second-order valence-corrected chi connectivity index (χ2v) is 12.5. The van der Waals surface area contributed by atoms with E-state index in [1.165, 1.54) is 12.1 Å². The number of esters is 3. The van der Waals surface area contributed by atoms with E-state index < -0.39 is 47.0 Å². The molecule has 10 heteroatoms. The van der Waals surface area contributed by atoms with E-state index in [1.54, 1.807) is 40.7 Å². The van der Waals surface area contributed by atoms with E-state index in [4.69, 9.17) is 29.4 Å². The topological polar surface area (TPSA) is 140 Å². The first-order chi connectivity index (χ1) is 18.3. The molecule has 2 N–H and O–H groups in total. The summed E-state index contributed by atoms with van der Waals surface area (Å²) >= 11 is 0. The van der Waals surface area contributed by atoms with Crippen LogP contribution in [0.5, 0.6) is 11.5 Å². The Balaban J connectivity index is 2.93. The number of rotatable bonds is 13. The van der Waals surface area contributed by atoms with Crippen LogP contribution >= 0.6 is 0 Å². The lowest BCUT2D eigenvalue weighted by Gasteiger charge is -2.23. The van der Waals surface area contributed by atoms with Gasteiger partial charge in [-0.3, -0.25) is 14.4 Å². The molecule has 2 atom stereocenters. The molecule has 10 nitrogen and oxygen atoms in total. The van der Waals surface area contributed by atoms with E-state index in [2.05, 4.69) is 0 Å². The first-order valence-corrected chi connectivity index (χ1v) is 13.6. The van der Waals surface area contributed by atoms with Crippen molar-refractivity contribution in [3.63, 3.8) is 0 Å². The van der Waals surface area contributed by atoms with Gasteiger partial charge in [0.25, 0.3) is 0 Å². The molecular formula is C30H47NO9. The smallest absolute Gasteiger partial charge is 0.461 e. The predicted octanol–water partition coefficient (Wildman–Crippen LogP) is 5.37. The molecule has 226 valence electrons. The molecule has 0 saturated carbocycles. The van der Waals surface area contributed by atoms with Gasteiger partial charge in [-0.1, -0.05) is 40.7 Å². The van der Waals surface area contributed by atoms with Crippen molar-refractivity contribution in [1.29, 1.82) is 0 Å². The average molecular weight is 566 g/mol. The van der Waals surface area contributed by atoms with Gasteiger partial charge in [-0.25, -0.2) is 4.79 Å². The minimum atomic E-state index is -1.05. The van der Waals surface area contributed by atoms with Crippen LogP contribution in [0.4, 0.5) is 4.79 Å². The van der Waals surface area contributed by atoms with E-state index in [-0.39, 0.29) is 36.5 Å². The van der Waals surface area contributed by atoms with Gasteiger partial charge in [0.05, 0.1) is 17.4 Å². The van der Waals surface area contributed by atoms with Crippen LogP contribution in [-0.2, 0) is 35.0 Å². The molecular weight excluding hydrogens is 518 g/mol. The monoisotopic (exact) mass is 565 g/mol. The third kappa shape index (κ3) is 11.5. The fourth-order valence-corrected chi connectivity index (χ4v) is 2.76. The van der Waals surface area contributed by atoms with Crippen LogP contribution in [0.3, 0.4) is 0 Å². The summed E-state index contributed by atoms with van der Waals surface area (Å²) in [6, 6.07) is 3.61. The highest BCUT2D eigenvalue weighted by atomic mass is 16.7. The predicted molar refractivity (Wildman–Crippen MR) is 150 cm³/mol. The van der Waals surface area contributed by atoms with Crippen LogP contribution in [0, 0.1) is 16.2 Å². The third-order valence-electron chi connectivity index (χ3n) is 6.43. The second-order valence-electron chi connectivity index (χ2n) is 12.5. The van der Waals surface area contributed by atoms with E-state index in [9.17, 15) is 19.2 Å². The van der Waals surface area contributed by atoms with Crippen molar-refractivity contribution in [2.45, 2.75) is 101 Å². The quantitative estimate of drug-likeness (QED) is 0.245. The van der Waals surface area contributed by atoms with Crippen LogP contribution in [0.15, 0.2) is 18.2 Å². The molecule has 0 amide bonds. The summed E-state index contributed by atoms with van der Waals surface area (Å²) in [4.78, 5) is 49.8. The molecule has 0 fully saturated rings. The maximum Gasteiger partial charge on any atom is 0.508 e. The van der Waals surface area contributed by atoms with E-state index in [0.29, 0.717) is 18.4 Å². The van der Waals surface area contributed by atoms with Gasteiger partial charge in [-0.2, -0.15) is 0 Å². The Kier molecular flexibility index (Phi) is 12.6. The van der Waals surface area contributed by atoms with Gasteiger partial charge in [-0.05, 0) is 77.0 Å². The summed E-state index contributed by atoms with van der Waals surface area (Å²) in [5, 5.41) is 0. The second kappa shape index (κ2) is 14.5. The highest BCUT2D eigenvalue weighted by Gasteiger charge is 2.31. The molecule has 0 saturated heterocycles. The Hall–Kier alpha value is -3.14. The van der Waals surface area contributed by atoms with Crippen molar-refractivity contribution in [3.05, 3.63) is 23.8 Å². The molecule has 1 rings (SSSR count). The van der Waals surface area contributed by atoms with E-state index in [0.717, 1.165) is 0 Å². The lowest BCUT2D eigenvalue weighted by Crippen LogP contribution is -2.36. The Labute approximate surface area is 238 Å². The molecule has 0 bridgehead atoms. The Bertz CT molecular complexity index is 1040. The fraction of sp³-hybridized carbons (Fsp3) is 0.667. The number of ether oxygens (including phenoxy) is 5. The number of carbonyl (C=O) groups is 4. The van der Waals surface area contributed by atoms with Crippen LogP contribution in [0.1, 0.15) is 87.6 Å². The molecule has 1 aromatic rings. The number of carbonyl (C=O) groups excluding carboxylic acids is 4. The molecule has 0 heterocycles. The summed E-state index contributed by atoms with van der Waals surface area (Å²) < 4.78 is 26.6. The van der Waals surface area contributed by atoms with Gasteiger partial charge < -0.3 is 29.4 Å². The van der Waals surface area contributed by atoms with Crippen molar-refractivity contribution in [3.8, 4) is 11.5 Å². The summed E-state index contributed by atoms with van der Waals surface area (Å²) in [6.45, 7) is 18.1. The zero-order valence-corrected chi connectivity index (χ0v) is 25.7. The number of benzene rings is 1. The van der Waals surface area contributed by atoms with Crippen LogP contribution in [0.2, 0.25) is 0 Å². The molecule has 0 aliphatic heterocycles. The summed E-state index contributed by atoms with van der Waals surface area (Å²) in [7, 11) is 0. The molecule has 0 aliphatic rings. The number of hydrogen-bond donors (Lipinski definition) is 1. The standard InChI is InChI=1S/C30H47NO9/c1-11-29(7,8)25(33)39-22-14-13-20(16-23(22)40-26(34)30(9,10)12-2)15-21(31)24(32)36-17-19(3)38-27(35)37-18-28(4,5)6/h13-14,16,19,21H,11-12,15,17-18,31H2,1-10H3/t19-,21-/m0/s1. The summed E-state index contributed by atoms with van der Waals surface area (Å²) in [5.74, 6) is -1.51. The Morgan fingerprint density at radius 1 is 0.825 bits per heavy atom. The summed E-state index contributed by atoms with van der Waals surface area (Å²) in [5.41, 5.74) is 4.92. The lowest BCUT2D eigenvalue weighted by molar-refractivity contribution is -0.148.